The number of guanidine groups is 1. The summed E-state index contributed by atoms with van der Waals surface area (Å²) in [5.74, 6) is -14.6. The maximum Gasteiger partial charge on any atom is 0.305 e. The predicted octanol–water partition coefficient (Wildman–Crippen LogP) is -3.76. The second kappa shape index (κ2) is 36.6. The average Bonchev–Trinajstić information content (AvgIpc) is 3.34. The molecule has 0 radical (unpaired) electrons. The van der Waals surface area contributed by atoms with Crippen LogP contribution in [0.15, 0.2) is 4.99 Å². The Bertz CT molecular complexity index is 2220. The molecular weight excluding hydrogens is 1060 g/mol. The van der Waals surface area contributed by atoms with Crippen molar-refractivity contribution in [2.45, 2.75) is 206 Å². The number of amides is 11. The first-order valence-electron chi connectivity index (χ1n) is 27.3. The Morgan fingerprint density at radius 2 is 0.926 bits per heavy atom. The van der Waals surface area contributed by atoms with Crippen LogP contribution in [0.25, 0.3) is 0 Å². The fourth-order valence-corrected chi connectivity index (χ4v) is 8.26. The smallest absolute Gasteiger partial charge is 0.305 e. The van der Waals surface area contributed by atoms with E-state index in [9.17, 15) is 77.6 Å². The summed E-state index contributed by atoms with van der Waals surface area (Å²) >= 11 is 0. The Morgan fingerprint density at radius 1 is 0.506 bits per heavy atom. The van der Waals surface area contributed by atoms with Gasteiger partial charge in [0.05, 0.1) is 18.9 Å². The normalized spacial score (nSPS) is 25.1. The van der Waals surface area contributed by atoms with Gasteiger partial charge in [0.2, 0.25) is 65.0 Å². The molecular formula is C51H88N14O16. The molecule has 1 aliphatic rings. The van der Waals surface area contributed by atoms with Crippen LogP contribution in [0.2, 0.25) is 0 Å². The number of aliphatic hydroxyl groups is 1. The number of carbonyl (C=O) groups is 13. The quantitative estimate of drug-likeness (QED) is 0.0356. The number of hydrogen-bond acceptors (Lipinski definition) is 15. The number of carboxylic acids is 2. The van der Waals surface area contributed by atoms with Gasteiger partial charge in [0.1, 0.15) is 54.4 Å². The number of nitrogens with one attached hydrogen (secondary N) is 10. The van der Waals surface area contributed by atoms with Gasteiger partial charge in [-0.1, -0.05) is 54.4 Å². The van der Waals surface area contributed by atoms with Crippen LogP contribution in [-0.2, 0) is 62.3 Å². The highest BCUT2D eigenvalue weighted by atomic mass is 16.4. The zero-order valence-corrected chi connectivity index (χ0v) is 47.6. The Hall–Kier alpha value is -7.66. The number of aliphatic carboxylic acids is 2. The van der Waals surface area contributed by atoms with Crippen molar-refractivity contribution in [1.82, 2.24) is 53.2 Å². The molecule has 1 saturated heterocycles. The van der Waals surface area contributed by atoms with Crippen molar-refractivity contribution in [2.24, 2.45) is 39.9 Å². The van der Waals surface area contributed by atoms with E-state index in [0.29, 0.717) is 19.3 Å². The Morgan fingerprint density at radius 3 is 1.41 bits per heavy atom. The van der Waals surface area contributed by atoms with Gasteiger partial charge in [-0.05, 0) is 83.0 Å². The summed E-state index contributed by atoms with van der Waals surface area (Å²) in [6, 6.07) is -13.9. The zero-order valence-electron chi connectivity index (χ0n) is 47.6. The molecule has 0 saturated carbocycles. The van der Waals surface area contributed by atoms with Crippen molar-refractivity contribution in [3.05, 3.63) is 0 Å². The van der Waals surface area contributed by atoms with E-state index < -0.39 is 163 Å². The summed E-state index contributed by atoms with van der Waals surface area (Å²) in [4.78, 5) is 178. The van der Waals surface area contributed by atoms with Gasteiger partial charge in [-0.3, -0.25) is 67.3 Å². The van der Waals surface area contributed by atoms with E-state index in [4.69, 9.17) is 17.2 Å². The number of primary amides is 1. The number of carboxylic acid groups (broad SMARTS) is 2. The first-order chi connectivity index (χ1) is 37.8. The van der Waals surface area contributed by atoms with Crippen molar-refractivity contribution >= 4 is 82.9 Å². The SMILES string of the molecule is CC(C)C[C@@H]1NC(=O)[C@H](C)NC(=O)[C@H](CC(C)C)NC(=O)[C@H](CCCN=C(N)N)NC(=O)[C@H](CCC(=O)O)NC(=O)[C@H]([C@@H](C)O)NC(=O)CCCCCCNC(=O)[C@H](CC(C)C)NC(=O)[C@H](CC(N)=O)NC(=O)[C@@H](CC(=O)O)NC1=O. The molecule has 0 bridgehead atoms. The number of rotatable bonds is 18. The number of aliphatic imine (C=N–C) groups is 1. The van der Waals surface area contributed by atoms with Crippen molar-refractivity contribution in [1.29, 1.82) is 0 Å². The highest BCUT2D eigenvalue weighted by molar-refractivity contribution is 6.00. The zero-order chi connectivity index (χ0) is 61.7. The largest absolute Gasteiger partial charge is 0.481 e. The molecule has 1 fully saturated rings. The van der Waals surface area contributed by atoms with Crippen molar-refractivity contribution in [2.75, 3.05) is 13.1 Å². The van der Waals surface area contributed by atoms with Gasteiger partial charge < -0.3 is 85.7 Å². The highest BCUT2D eigenvalue weighted by Gasteiger charge is 2.37. The van der Waals surface area contributed by atoms with Gasteiger partial charge in [-0.15, -0.1) is 0 Å². The van der Waals surface area contributed by atoms with Gasteiger partial charge in [0.25, 0.3) is 0 Å². The lowest BCUT2D eigenvalue weighted by molar-refractivity contribution is -0.142. The summed E-state index contributed by atoms with van der Waals surface area (Å²) in [5.41, 5.74) is 16.4. The number of nitrogens with two attached hydrogens (primary N) is 3. The molecule has 0 aromatic carbocycles. The summed E-state index contributed by atoms with van der Waals surface area (Å²) in [5, 5.41) is 54.6. The van der Waals surface area contributed by atoms with Crippen LogP contribution in [-0.4, -0.2) is 172 Å². The Kier molecular flexibility index (Phi) is 32.2. The van der Waals surface area contributed by atoms with Gasteiger partial charge in [0.15, 0.2) is 5.96 Å². The third-order valence-electron chi connectivity index (χ3n) is 12.4. The van der Waals surface area contributed by atoms with Crippen LogP contribution in [0.1, 0.15) is 145 Å². The van der Waals surface area contributed by atoms with Crippen LogP contribution in [0.5, 0.6) is 0 Å². The first-order valence-corrected chi connectivity index (χ1v) is 27.3. The molecule has 458 valence electrons. The number of aliphatic hydroxyl groups excluding tert-OH is 1. The number of nitrogens with zero attached hydrogens (tertiary/aromatic N) is 1. The maximum absolute atomic E-state index is 14.2. The molecule has 81 heavy (non-hydrogen) atoms. The summed E-state index contributed by atoms with van der Waals surface area (Å²) in [7, 11) is 0. The van der Waals surface area contributed by atoms with E-state index in [-0.39, 0.29) is 81.7 Å². The van der Waals surface area contributed by atoms with E-state index in [1.54, 1.807) is 41.5 Å². The summed E-state index contributed by atoms with van der Waals surface area (Å²) < 4.78 is 0. The minimum atomic E-state index is -1.91. The molecule has 0 aromatic rings. The summed E-state index contributed by atoms with van der Waals surface area (Å²) in [6.07, 6.45) is -3.21. The minimum Gasteiger partial charge on any atom is -0.481 e. The molecule has 0 aromatic heterocycles. The van der Waals surface area contributed by atoms with E-state index in [1.807, 2.05) is 0 Å². The van der Waals surface area contributed by atoms with Crippen LogP contribution in [0.4, 0.5) is 0 Å². The molecule has 1 rings (SSSR count). The molecule has 19 N–H and O–H groups in total. The van der Waals surface area contributed by atoms with Crippen molar-refractivity contribution in [3.8, 4) is 0 Å². The van der Waals surface area contributed by atoms with Crippen molar-refractivity contribution < 1.29 is 77.6 Å². The molecule has 1 heterocycles. The number of carbonyl (C=O) groups excluding carboxylic acids is 11. The van der Waals surface area contributed by atoms with Gasteiger partial charge in [0, 0.05) is 25.9 Å². The second-order valence-electron chi connectivity index (χ2n) is 21.4. The van der Waals surface area contributed by atoms with Gasteiger partial charge >= 0.3 is 11.9 Å². The lowest BCUT2D eigenvalue weighted by Crippen LogP contribution is -2.61. The average molecular weight is 1150 g/mol. The number of hydrogen-bond donors (Lipinski definition) is 16. The molecule has 10 atom stereocenters. The van der Waals surface area contributed by atoms with Crippen LogP contribution in [0, 0.1) is 17.8 Å². The van der Waals surface area contributed by atoms with Crippen LogP contribution < -0.4 is 70.4 Å². The van der Waals surface area contributed by atoms with E-state index in [2.05, 4.69) is 58.2 Å². The first kappa shape index (κ1) is 71.4. The lowest BCUT2D eigenvalue weighted by Gasteiger charge is -2.28. The summed E-state index contributed by atoms with van der Waals surface area (Å²) in [6.45, 7) is 12.9. The lowest BCUT2D eigenvalue weighted by atomic mass is 10.0. The molecule has 0 aliphatic carbocycles. The third-order valence-corrected chi connectivity index (χ3v) is 12.4. The molecule has 30 heteroatoms. The fourth-order valence-electron chi connectivity index (χ4n) is 8.26. The maximum atomic E-state index is 14.2. The van der Waals surface area contributed by atoms with Crippen LogP contribution in [0.3, 0.4) is 0 Å². The molecule has 30 nitrogen and oxygen atoms in total. The van der Waals surface area contributed by atoms with Gasteiger partial charge in [-0.2, -0.15) is 0 Å². The third kappa shape index (κ3) is 29.4. The van der Waals surface area contributed by atoms with Crippen LogP contribution >= 0.6 is 0 Å². The fraction of sp³-hybridized carbons (Fsp3) is 0.725. The van der Waals surface area contributed by atoms with E-state index in [0.717, 1.165) is 0 Å². The van der Waals surface area contributed by atoms with Gasteiger partial charge in [-0.25, -0.2) is 0 Å². The standard InChI is InChI=1S/C51H88N14O16/c1-25(2)20-32-43(74)55-18-12-10-9-11-15-38(68)65-41(29(8)66)50(81)59-31(16-17-39(69)70)45(76)58-30(14-13-19-56-51(53)54)44(75)62-33(21-26(3)4)46(77)57-28(7)42(73)60-34(22-27(5)6)47(78)64-36(24-40(71)72)49(80)63-35(23-37(52)67)48(79)61-32/h25-36,41,66H,9-24H2,1-8H3,(H2,52,67)(H,55,74)(H,57,77)(H,58,76)(H,59,81)(H,60,73)(H,61,79)(H,62,75)(H,63,80)(H,64,78)(H,65,68)(H,69,70)(H,71,72)(H4,53,54,56)/t28-,29+,30-,31-,32-,33-,34-,35-,36+,41-/m0/s1. The molecule has 0 unspecified atom stereocenters. The highest BCUT2D eigenvalue weighted by Crippen LogP contribution is 2.13. The van der Waals surface area contributed by atoms with E-state index >= 15 is 0 Å². The Balaban J connectivity index is 3.87. The molecule has 11 amide bonds. The predicted molar refractivity (Wildman–Crippen MR) is 292 cm³/mol. The van der Waals surface area contributed by atoms with E-state index in [1.165, 1.54) is 13.8 Å². The monoisotopic (exact) mass is 1150 g/mol. The molecule has 0 spiro atoms. The topological polar surface area (TPSA) is 493 Å². The second-order valence-corrected chi connectivity index (χ2v) is 21.4. The minimum absolute atomic E-state index is 0.0317. The molecule has 1 aliphatic heterocycles. The Labute approximate surface area is 471 Å². The van der Waals surface area contributed by atoms with Crippen molar-refractivity contribution in [3.63, 3.8) is 0 Å².